The average Bonchev–Trinajstić information content (AvgIpc) is 2.25. The standard InChI is InChI=1S/C13H16BrNO3/c1-13(2,3)15-12(16)8-6-10-11(7-9(8)14)18-5-4-17-10/h6-7H,4-5H2,1-3H3,(H,15,16). The molecule has 0 aromatic heterocycles. The van der Waals surface area contributed by atoms with Gasteiger partial charge in [-0.05, 0) is 48.8 Å². The lowest BCUT2D eigenvalue weighted by atomic mass is 10.1. The van der Waals surface area contributed by atoms with Crippen molar-refractivity contribution in [3.8, 4) is 11.5 Å². The maximum Gasteiger partial charge on any atom is 0.252 e. The van der Waals surface area contributed by atoms with Crippen molar-refractivity contribution >= 4 is 21.8 Å². The van der Waals surface area contributed by atoms with Crippen LogP contribution in [0.1, 0.15) is 31.1 Å². The smallest absolute Gasteiger partial charge is 0.252 e. The van der Waals surface area contributed by atoms with Gasteiger partial charge in [-0.1, -0.05) is 0 Å². The molecule has 0 bridgehead atoms. The summed E-state index contributed by atoms with van der Waals surface area (Å²) in [5, 5.41) is 2.92. The van der Waals surface area contributed by atoms with Crippen LogP contribution >= 0.6 is 15.9 Å². The van der Waals surface area contributed by atoms with E-state index in [0.717, 1.165) is 0 Å². The van der Waals surface area contributed by atoms with Crippen molar-refractivity contribution in [1.29, 1.82) is 0 Å². The second-order valence-electron chi connectivity index (χ2n) is 5.18. The molecule has 0 saturated carbocycles. The maximum atomic E-state index is 12.1. The second-order valence-corrected chi connectivity index (χ2v) is 6.03. The molecule has 1 aliphatic rings. The van der Waals surface area contributed by atoms with Gasteiger partial charge >= 0.3 is 0 Å². The Kier molecular flexibility index (Phi) is 3.52. The van der Waals surface area contributed by atoms with Crippen molar-refractivity contribution in [2.75, 3.05) is 13.2 Å². The second kappa shape index (κ2) is 4.80. The molecule has 1 aromatic carbocycles. The number of halogens is 1. The third-order valence-corrected chi connectivity index (χ3v) is 3.02. The van der Waals surface area contributed by atoms with Crippen LogP contribution in [0.3, 0.4) is 0 Å². The van der Waals surface area contributed by atoms with E-state index in [0.29, 0.717) is 34.7 Å². The van der Waals surface area contributed by atoms with Crippen LogP contribution < -0.4 is 14.8 Å². The van der Waals surface area contributed by atoms with Gasteiger partial charge in [0.05, 0.1) is 5.56 Å². The summed E-state index contributed by atoms with van der Waals surface area (Å²) < 4.78 is 11.6. The molecule has 1 heterocycles. The molecule has 18 heavy (non-hydrogen) atoms. The minimum Gasteiger partial charge on any atom is -0.486 e. The van der Waals surface area contributed by atoms with Crippen LogP contribution in [0.25, 0.3) is 0 Å². The largest absolute Gasteiger partial charge is 0.486 e. The molecular formula is C13H16BrNO3. The van der Waals surface area contributed by atoms with Crippen LogP contribution in [-0.4, -0.2) is 24.7 Å². The van der Waals surface area contributed by atoms with E-state index < -0.39 is 0 Å². The number of ether oxygens (including phenoxy) is 2. The van der Waals surface area contributed by atoms with Gasteiger partial charge in [0, 0.05) is 10.0 Å². The zero-order chi connectivity index (χ0) is 13.3. The summed E-state index contributed by atoms with van der Waals surface area (Å²) in [6, 6.07) is 3.48. The van der Waals surface area contributed by atoms with Crippen LogP contribution in [0, 0.1) is 0 Å². The highest BCUT2D eigenvalue weighted by Gasteiger charge is 2.21. The van der Waals surface area contributed by atoms with Gasteiger partial charge in [-0.2, -0.15) is 0 Å². The Morgan fingerprint density at radius 3 is 2.33 bits per heavy atom. The Labute approximate surface area is 115 Å². The van der Waals surface area contributed by atoms with Crippen LogP contribution in [0.4, 0.5) is 0 Å². The maximum absolute atomic E-state index is 12.1. The molecule has 0 atom stereocenters. The molecule has 98 valence electrons. The molecule has 1 N–H and O–H groups in total. The topological polar surface area (TPSA) is 47.6 Å². The third-order valence-electron chi connectivity index (χ3n) is 2.37. The van der Waals surface area contributed by atoms with E-state index in [1.165, 1.54) is 0 Å². The molecule has 0 spiro atoms. The van der Waals surface area contributed by atoms with E-state index in [1.807, 2.05) is 20.8 Å². The van der Waals surface area contributed by atoms with Crippen molar-refractivity contribution < 1.29 is 14.3 Å². The van der Waals surface area contributed by atoms with Crippen molar-refractivity contribution in [2.24, 2.45) is 0 Å². The van der Waals surface area contributed by atoms with Crippen molar-refractivity contribution in [1.82, 2.24) is 5.32 Å². The molecule has 0 aliphatic carbocycles. The van der Waals surface area contributed by atoms with Crippen LogP contribution in [-0.2, 0) is 0 Å². The first-order valence-corrected chi connectivity index (χ1v) is 6.58. The molecule has 0 radical (unpaired) electrons. The van der Waals surface area contributed by atoms with E-state index in [9.17, 15) is 4.79 Å². The lowest BCUT2D eigenvalue weighted by Gasteiger charge is -2.23. The normalized spacial score (nSPS) is 14.2. The first-order valence-electron chi connectivity index (χ1n) is 5.78. The first-order chi connectivity index (χ1) is 8.37. The fraction of sp³-hybridized carbons (Fsp3) is 0.462. The minimum atomic E-state index is -0.274. The minimum absolute atomic E-state index is 0.133. The molecule has 4 nitrogen and oxygen atoms in total. The molecule has 0 fully saturated rings. The highest BCUT2D eigenvalue weighted by atomic mass is 79.9. The van der Waals surface area contributed by atoms with Gasteiger partial charge < -0.3 is 14.8 Å². The van der Waals surface area contributed by atoms with Gasteiger partial charge in [0.2, 0.25) is 0 Å². The van der Waals surface area contributed by atoms with Gasteiger partial charge in [-0.3, -0.25) is 4.79 Å². The number of rotatable bonds is 1. The number of carbonyl (C=O) groups excluding carboxylic acids is 1. The predicted molar refractivity (Wildman–Crippen MR) is 72.4 cm³/mol. The lowest BCUT2D eigenvalue weighted by molar-refractivity contribution is 0.0917. The molecule has 0 saturated heterocycles. The van der Waals surface area contributed by atoms with Gasteiger partial charge in [-0.15, -0.1) is 0 Å². The number of hydrogen-bond acceptors (Lipinski definition) is 3. The molecule has 0 unspecified atom stereocenters. The Bertz CT molecular complexity index is 480. The van der Waals surface area contributed by atoms with Crippen molar-refractivity contribution in [3.63, 3.8) is 0 Å². The Balaban J connectivity index is 2.31. The van der Waals surface area contributed by atoms with Crippen LogP contribution in [0.2, 0.25) is 0 Å². The number of benzene rings is 1. The highest BCUT2D eigenvalue weighted by Crippen LogP contribution is 2.35. The molecular weight excluding hydrogens is 298 g/mol. The molecule has 1 aliphatic heterocycles. The zero-order valence-corrected chi connectivity index (χ0v) is 12.3. The van der Waals surface area contributed by atoms with Crippen LogP contribution in [0.15, 0.2) is 16.6 Å². The van der Waals surface area contributed by atoms with Gasteiger partial charge in [0.15, 0.2) is 11.5 Å². The van der Waals surface area contributed by atoms with Crippen LogP contribution in [0.5, 0.6) is 11.5 Å². The number of amides is 1. The van der Waals surface area contributed by atoms with Gasteiger partial charge in [0.25, 0.3) is 5.91 Å². The molecule has 1 aromatic rings. The average molecular weight is 314 g/mol. The molecule has 2 rings (SSSR count). The van der Waals surface area contributed by atoms with E-state index in [1.54, 1.807) is 12.1 Å². The fourth-order valence-corrected chi connectivity index (χ4v) is 2.15. The Morgan fingerprint density at radius 1 is 1.22 bits per heavy atom. The predicted octanol–water partition coefficient (Wildman–Crippen LogP) is 2.75. The quantitative estimate of drug-likeness (QED) is 0.867. The van der Waals surface area contributed by atoms with Gasteiger partial charge in [-0.25, -0.2) is 0 Å². The lowest BCUT2D eigenvalue weighted by Crippen LogP contribution is -2.40. The summed E-state index contributed by atoms with van der Waals surface area (Å²) in [6.45, 7) is 6.87. The summed E-state index contributed by atoms with van der Waals surface area (Å²) in [5.74, 6) is 1.15. The number of nitrogens with one attached hydrogen (secondary N) is 1. The van der Waals surface area contributed by atoms with E-state index >= 15 is 0 Å². The van der Waals surface area contributed by atoms with Gasteiger partial charge in [0.1, 0.15) is 13.2 Å². The Morgan fingerprint density at radius 2 is 1.78 bits per heavy atom. The first kappa shape index (κ1) is 13.2. The monoisotopic (exact) mass is 313 g/mol. The Hall–Kier alpha value is -1.23. The summed E-state index contributed by atoms with van der Waals surface area (Å²) in [4.78, 5) is 12.1. The van der Waals surface area contributed by atoms with Crippen molar-refractivity contribution in [2.45, 2.75) is 26.3 Å². The number of carbonyl (C=O) groups is 1. The summed E-state index contributed by atoms with van der Waals surface area (Å²) in [6.07, 6.45) is 0. The SMILES string of the molecule is CC(C)(C)NC(=O)c1cc2c(cc1Br)OCCO2. The van der Waals surface area contributed by atoms with Crippen molar-refractivity contribution in [3.05, 3.63) is 22.2 Å². The number of hydrogen-bond donors (Lipinski definition) is 1. The van der Waals surface area contributed by atoms with E-state index in [2.05, 4.69) is 21.2 Å². The number of fused-ring (bicyclic) bond motifs is 1. The van der Waals surface area contributed by atoms with E-state index in [-0.39, 0.29) is 11.4 Å². The zero-order valence-electron chi connectivity index (χ0n) is 10.7. The highest BCUT2D eigenvalue weighted by molar-refractivity contribution is 9.10. The summed E-state index contributed by atoms with van der Waals surface area (Å²) in [5.41, 5.74) is 0.276. The molecule has 5 heteroatoms. The molecule has 1 amide bonds. The van der Waals surface area contributed by atoms with E-state index in [4.69, 9.17) is 9.47 Å². The fourth-order valence-electron chi connectivity index (χ4n) is 1.65. The summed E-state index contributed by atoms with van der Waals surface area (Å²) >= 11 is 3.39. The third kappa shape index (κ3) is 2.96. The summed E-state index contributed by atoms with van der Waals surface area (Å²) in [7, 11) is 0.